The molecular formula is C13H21ClN2O2S. The molecule has 0 unspecified atom stereocenters. The van der Waals surface area contributed by atoms with Crippen LogP contribution in [0.5, 0.6) is 0 Å². The van der Waals surface area contributed by atoms with Gasteiger partial charge in [0.1, 0.15) is 4.90 Å². The largest absolute Gasteiger partial charge is 0.316 e. The summed E-state index contributed by atoms with van der Waals surface area (Å²) in [6.45, 7) is 5.13. The first-order chi connectivity index (χ1) is 8.86. The van der Waals surface area contributed by atoms with Crippen molar-refractivity contribution in [2.45, 2.75) is 31.7 Å². The Balaban J connectivity index is 2.90. The summed E-state index contributed by atoms with van der Waals surface area (Å²) in [5.41, 5.74) is 0.885. The van der Waals surface area contributed by atoms with Crippen LogP contribution in [0.2, 0.25) is 5.02 Å². The maximum Gasteiger partial charge on any atom is 0.242 e. The van der Waals surface area contributed by atoms with Crippen molar-refractivity contribution in [1.82, 2.24) is 10.0 Å². The Hall–Kier alpha value is -0.620. The first-order valence-electron chi connectivity index (χ1n) is 6.29. The van der Waals surface area contributed by atoms with E-state index in [4.69, 9.17) is 11.6 Å². The molecule has 1 aromatic rings. The van der Waals surface area contributed by atoms with Crippen LogP contribution < -0.4 is 10.0 Å². The van der Waals surface area contributed by atoms with Crippen molar-refractivity contribution < 1.29 is 8.42 Å². The van der Waals surface area contributed by atoms with Gasteiger partial charge in [-0.05, 0) is 37.1 Å². The standard InChI is InChI=1S/C13H21ClN2O2S/c1-10(2)6-7-16-19(17,18)13-8-11(9-15-3)4-5-12(13)14/h4-5,8,10,15-16H,6-7,9H2,1-3H3. The molecule has 0 fully saturated rings. The molecule has 0 aliphatic rings. The van der Waals surface area contributed by atoms with E-state index >= 15 is 0 Å². The third-order valence-electron chi connectivity index (χ3n) is 2.68. The summed E-state index contributed by atoms with van der Waals surface area (Å²) < 4.78 is 26.9. The number of benzene rings is 1. The van der Waals surface area contributed by atoms with Crippen molar-refractivity contribution in [2.24, 2.45) is 5.92 Å². The summed E-state index contributed by atoms with van der Waals surface area (Å²) in [6.07, 6.45) is 0.799. The molecule has 108 valence electrons. The van der Waals surface area contributed by atoms with Crippen molar-refractivity contribution in [2.75, 3.05) is 13.6 Å². The van der Waals surface area contributed by atoms with E-state index in [0.29, 0.717) is 19.0 Å². The molecule has 4 nitrogen and oxygen atoms in total. The minimum Gasteiger partial charge on any atom is -0.316 e. The van der Waals surface area contributed by atoms with E-state index in [1.165, 1.54) is 0 Å². The number of nitrogens with one attached hydrogen (secondary N) is 2. The molecule has 0 aliphatic heterocycles. The van der Waals surface area contributed by atoms with E-state index < -0.39 is 10.0 Å². The lowest BCUT2D eigenvalue weighted by molar-refractivity contribution is 0.551. The number of hydrogen-bond donors (Lipinski definition) is 2. The third kappa shape index (κ3) is 5.10. The fourth-order valence-electron chi connectivity index (χ4n) is 1.63. The zero-order valence-corrected chi connectivity index (χ0v) is 13.1. The van der Waals surface area contributed by atoms with Gasteiger partial charge < -0.3 is 5.32 Å². The summed E-state index contributed by atoms with van der Waals surface area (Å²) in [7, 11) is -1.73. The van der Waals surface area contributed by atoms with Gasteiger partial charge in [-0.15, -0.1) is 0 Å². The second-order valence-corrected chi connectivity index (χ2v) is 7.02. The average molecular weight is 305 g/mol. The molecule has 0 aromatic heterocycles. The van der Waals surface area contributed by atoms with Gasteiger partial charge in [0.25, 0.3) is 0 Å². The van der Waals surface area contributed by atoms with E-state index in [9.17, 15) is 8.42 Å². The van der Waals surface area contributed by atoms with Crippen LogP contribution in [0.4, 0.5) is 0 Å². The highest BCUT2D eigenvalue weighted by molar-refractivity contribution is 7.89. The zero-order valence-electron chi connectivity index (χ0n) is 11.5. The first kappa shape index (κ1) is 16.4. The predicted molar refractivity (Wildman–Crippen MR) is 78.9 cm³/mol. The van der Waals surface area contributed by atoms with Gasteiger partial charge in [-0.3, -0.25) is 0 Å². The highest BCUT2D eigenvalue weighted by atomic mass is 35.5. The molecule has 6 heteroatoms. The third-order valence-corrected chi connectivity index (χ3v) is 4.62. The summed E-state index contributed by atoms with van der Waals surface area (Å²) >= 11 is 5.98. The summed E-state index contributed by atoms with van der Waals surface area (Å²) in [5, 5.41) is 3.23. The van der Waals surface area contributed by atoms with Crippen molar-refractivity contribution in [3.05, 3.63) is 28.8 Å². The predicted octanol–water partition coefficient (Wildman–Crippen LogP) is 2.38. The summed E-state index contributed by atoms with van der Waals surface area (Å²) in [4.78, 5) is 0.144. The maximum atomic E-state index is 12.2. The van der Waals surface area contributed by atoms with Gasteiger partial charge in [-0.25, -0.2) is 13.1 Å². The molecule has 0 bridgehead atoms. The first-order valence-corrected chi connectivity index (χ1v) is 8.15. The second kappa shape index (κ2) is 7.24. The van der Waals surface area contributed by atoms with E-state index in [-0.39, 0.29) is 9.92 Å². The average Bonchev–Trinajstić information content (AvgIpc) is 2.31. The smallest absolute Gasteiger partial charge is 0.242 e. The number of hydrogen-bond acceptors (Lipinski definition) is 3. The monoisotopic (exact) mass is 304 g/mol. The SMILES string of the molecule is CNCc1ccc(Cl)c(S(=O)(=O)NCCC(C)C)c1. The van der Waals surface area contributed by atoms with Crippen LogP contribution in [0.25, 0.3) is 0 Å². The van der Waals surface area contributed by atoms with Gasteiger partial charge in [-0.1, -0.05) is 31.5 Å². The van der Waals surface area contributed by atoms with Crippen LogP contribution in [0.3, 0.4) is 0 Å². The fraction of sp³-hybridized carbons (Fsp3) is 0.538. The molecule has 0 saturated carbocycles. The van der Waals surface area contributed by atoms with Crippen LogP contribution in [0, 0.1) is 5.92 Å². The minimum atomic E-state index is -3.54. The fourth-order valence-corrected chi connectivity index (χ4v) is 3.22. The number of sulfonamides is 1. The Morgan fingerprint density at radius 3 is 2.58 bits per heavy atom. The molecule has 0 spiro atoms. The van der Waals surface area contributed by atoms with Gasteiger partial charge in [0.15, 0.2) is 0 Å². The summed E-state index contributed by atoms with van der Waals surface area (Å²) in [5.74, 6) is 0.453. The molecule has 0 saturated heterocycles. The van der Waals surface area contributed by atoms with Gasteiger partial charge >= 0.3 is 0 Å². The lowest BCUT2D eigenvalue weighted by Crippen LogP contribution is -2.26. The zero-order chi connectivity index (χ0) is 14.5. The van der Waals surface area contributed by atoms with Crippen LogP contribution in [0.1, 0.15) is 25.8 Å². The molecule has 0 radical (unpaired) electrons. The second-order valence-electron chi connectivity index (χ2n) is 4.88. The molecule has 2 N–H and O–H groups in total. The van der Waals surface area contributed by atoms with Crippen LogP contribution >= 0.6 is 11.6 Å². The summed E-state index contributed by atoms with van der Waals surface area (Å²) in [6, 6.07) is 5.04. The van der Waals surface area contributed by atoms with Crippen molar-refractivity contribution in [1.29, 1.82) is 0 Å². The molecule has 0 amide bonds. The van der Waals surface area contributed by atoms with E-state index in [0.717, 1.165) is 12.0 Å². The Morgan fingerprint density at radius 2 is 2.00 bits per heavy atom. The molecule has 19 heavy (non-hydrogen) atoms. The molecular weight excluding hydrogens is 284 g/mol. The Bertz CT molecular complexity index is 515. The van der Waals surface area contributed by atoms with Gasteiger partial charge in [0.2, 0.25) is 10.0 Å². The Labute approximate surface area is 120 Å². The quantitative estimate of drug-likeness (QED) is 0.813. The highest BCUT2D eigenvalue weighted by Crippen LogP contribution is 2.22. The molecule has 1 rings (SSSR count). The molecule has 0 atom stereocenters. The molecule has 1 aromatic carbocycles. The Morgan fingerprint density at radius 1 is 1.32 bits per heavy atom. The lowest BCUT2D eigenvalue weighted by atomic mass is 10.1. The van der Waals surface area contributed by atoms with Crippen molar-refractivity contribution in [3.8, 4) is 0 Å². The maximum absolute atomic E-state index is 12.2. The normalized spacial score (nSPS) is 12.1. The topological polar surface area (TPSA) is 58.2 Å². The molecule has 0 aliphatic carbocycles. The van der Waals surface area contributed by atoms with Crippen molar-refractivity contribution in [3.63, 3.8) is 0 Å². The lowest BCUT2D eigenvalue weighted by Gasteiger charge is -2.11. The number of rotatable bonds is 7. The van der Waals surface area contributed by atoms with E-state index in [1.807, 2.05) is 13.1 Å². The van der Waals surface area contributed by atoms with Crippen LogP contribution in [-0.4, -0.2) is 22.0 Å². The van der Waals surface area contributed by atoms with E-state index in [2.05, 4.69) is 23.9 Å². The van der Waals surface area contributed by atoms with Crippen LogP contribution in [0.15, 0.2) is 23.1 Å². The minimum absolute atomic E-state index is 0.144. The Kier molecular flexibility index (Phi) is 6.26. The van der Waals surface area contributed by atoms with Gasteiger partial charge in [-0.2, -0.15) is 0 Å². The van der Waals surface area contributed by atoms with Gasteiger partial charge in [0.05, 0.1) is 5.02 Å². The van der Waals surface area contributed by atoms with Crippen molar-refractivity contribution >= 4 is 21.6 Å². The number of halogens is 1. The van der Waals surface area contributed by atoms with Gasteiger partial charge in [0, 0.05) is 13.1 Å². The van der Waals surface area contributed by atoms with E-state index in [1.54, 1.807) is 12.1 Å². The highest BCUT2D eigenvalue weighted by Gasteiger charge is 2.18. The van der Waals surface area contributed by atoms with Crippen LogP contribution in [-0.2, 0) is 16.6 Å². The molecule has 0 heterocycles.